The molecule has 0 radical (unpaired) electrons. The maximum Gasteiger partial charge on any atom is 0.150 e. The van der Waals surface area contributed by atoms with Crippen LogP contribution in [0, 0.1) is 0 Å². The molecule has 0 amide bonds. The molecule has 0 unspecified atom stereocenters. The predicted molar refractivity (Wildman–Crippen MR) is 81.8 cm³/mol. The third-order valence-corrected chi connectivity index (χ3v) is 4.83. The van der Waals surface area contributed by atoms with Crippen LogP contribution in [-0.4, -0.2) is 31.5 Å². The van der Waals surface area contributed by atoms with Crippen molar-refractivity contribution in [2.45, 2.75) is 13.3 Å². The number of nitrogens with two attached hydrogens (primary N) is 1. The van der Waals surface area contributed by atoms with E-state index in [1.807, 2.05) is 0 Å². The largest absolute Gasteiger partial charge is 0.493 e. The molecule has 2 N–H and O–H groups in total. The van der Waals surface area contributed by atoms with E-state index in [0.29, 0.717) is 22.8 Å². The van der Waals surface area contributed by atoms with Crippen molar-refractivity contribution < 1.29 is 13.2 Å². The zero-order valence-electron chi connectivity index (χ0n) is 10.6. The van der Waals surface area contributed by atoms with Crippen LogP contribution >= 0.6 is 23.8 Å². The highest BCUT2D eigenvalue weighted by Gasteiger charge is 2.12. The molecular weight excluding hydrogens is 306 g/mol. The number of ether oxygens (including phenoxy) is 1. The van der Waals surface area contributed by atoms with Crippen molar-refractivity contribution in [2.75, 3.05) is 18.1 Å². The highest BCUT2D eigenvalue weighted by atomic mass is 35.5. The standard InChI is InChI=1S/C12H16ClNO3S2/c1-2-19(15,16)8-4-7-17-10-6-3-5-9(13)11(10)12(14)18/h3,5-6H,2,4,7-8H2,1H3,(H2,14,18). The Hall–Kier alpha value is -0.850. The Kier molecular flexibility index (Phi) is 6.03. The molecule has 0 aliphatic heterocycles. The molecule has 0 heterocycles. The number of sulfone groups is 1. The highest BCUT2D eigenvalue weighted by Crippen LogP contribution is 2.26. The monoisotopic (exact) mass is 321 g/mol. The lowest BCUT2D eigenvalue weighted by atomic mass is 10.2. The van der Waals surface area contributed by atoms with E-state index in [-0.39, 0.29) is 23.1 Å². The van der Waals surface area contributed by atoms with Crippen LogP contribution in [0.2, 0.25) is 5.02 Å². The number of benzene rings is 1. The number of hydrogen-bond acceptors (Lipinski definition) is 4. The van der Waals surface area contributed by atoms with Crippen molar-refractivity contribution in [2.24, 2.45) is 5.73 Å². The van der Waals surface area contributed by atoms with Crippen LogP contribution in [-0.2, 0) is 9.84 Å². The summed E-state index contributed by atoms with van der Waals surface area (Å²) in [5.74, 6) is 0.725. The fraction of sp³-hybridized carbons (Fsp3) is 0.417. The summed E-state index contributed by atoms with van der Waals surface area (Å²) in [5.41, 5.74) is 6.07. The molecule has 1 aromatic rings. The topological polar surface area (TPSA) is 69.4 Å². The molecule has 0 aliphatic rings. The fourth-order valence-corrected chi connectivity index (χ4v) is 2.85. The first kappa shape index (κ1) is 16.2. The summed E-state index contributed by atoms with van der Waals surface area (Å²) in [6, 6.07) is 5.10. The minimum absolute atomic E-state index is 0.104. The van der Waals surface area contributed by atoms with Crippen molar-refractivity contribution >= 4 is 38.6 Å². The van der Waals surface area contributed by atoms with Gasteiger partial charge >= 0.3 is 0 Å². The average Bonchev–Trinajstić information content (AvgIpc) is 2.34. The van der Waals surface area contributed by atoms with Crippen molar-refractivity contribution in [1.82, 2.24) is 0 Å². The van der Waals surface area contributed by atoms with Crippen molar-refractivity contribution in [3.8, 4) is 5.75 Å². The van der Waals surface area contributed by atoms with Gasteiger partial charge in [0.05, 0.1) is 22.9 Å². The van der Waals surface area contributed by atoms with Gasteiger partial charge in [-0.05, 0) is 18.6 Å². The Morgan fingerprint density at radius 3 is 2.74 bits per heavy atom. The number of hydrogen-bond donors (Lipinski definition) is 1. The van der Waals surface area contributed by atoms with Crippen LogP contribution in [0.25, 0.3) is 0 Å². The average molecular weight is 322 g/mol. The molecular formula is C12H16ClNO3S2. The molecule has 106 valence electrons. The van der Waals surface area contributed by atoms with Crippen molar-refractivity contribution in [3.05, 3.63) is 28.8 Å². The Labute approximate surface area is 123 Å². The Bertz CT molecular complexity index is 558. The summed E-state index contributed by atoms with van der Waals surface area (Å²) in [4.78, 5) is 0.154. The van der Waals surface area contributed by atoms with Crippen molar-refractivity contribution in [3.63, 3.8) is 0 Å². The molecule has 0 spiro atoms. The third-order valence-electron chi connectivity index (χ3n) is 2.52. The maximum atomic E-state index is 11.3. The minimum atomic E-state index is -2.97. The highest BCUT2D eigenvalue weighted by molar-refractivity contribution is 7.91. The first-order chi connectivity index (χ1) is 8.87. The SMILES string of the molecule is CCS(=O)(=O)CCCOc1cccc(Cl)c1C(N)=S. The van der Waals surface area contributed by atoms with Crippen LogP contribution < -0.4 is 10.5 Å². The number of thiocarbonyl (C=S) groups is 1. The van der Waals surface area contributed by atoms with Gasteiger partial charge < -0.3 is 10.5 Å². The molecule has 0 bridgehead atoms. The van der Waals surface area contributed by atoms with Gasteiger partial charge in [0.2, 0.25) is 0 Å². The Balaban J connectivity index is 2.64. The molecule has 0 atom stereocenters. The molecule has 0 aromatic heterocycles. The molecule has 0 aliphatic carbocycles. The fourth-order valence-electron chi connectivity index (χ4n) is 1.47. The number of rotatable bonds is 7. The Morgan fingerprint density at radius 1 is 1.47 bits per heavy atom. The van der Waals surface area contributed by atoms with E-state index < -0.39 is 9.84 Å². The van der Waals surface area contributed by atoms with E-state index in [9.17, 15) is 8.42 Å². The van der Waals surface area contributed by atoms with Gasteiger partial charge in [-0.1, -0.05) is 36.8 Å². The van der Waals surface area contributed by atoms with E-state index in [4.69, 9.17) is 34.3 Å². The summed E-state index contributed by atoms with van der Waals surface area (Å²) >= 11 is 10.9. The van der Waals surface area contributed by atoms with Crippen LogP contribution in [0.5, 0.6) is 5.75 Å². The third kappa shape index (κ3) is 4.97. The van der Waals surface area contributed by atoms with E-state index >= 15 is 0 Å². The van der Waals surface area contributed by atoms with Gasteiger partial charge in [-0.15, -0.1) is 0 Å². The summed E-state index contributed by atoms with van der Waals surface area (Å²) in [6.07, 6.45) is 0.416. The second-order valence-electron chi connectivity index (χ2n) is 3.92. The van der Waals surface area contributed by atoms with Crippen LogP contribution in [0.3, 0.4) is 0 Å². The van der Waals surface area contributed by atoms with E-state index in [0.717, 1.165) is 0 Å². The van der Waals surface area contributed by atoms with Crippen LogP contribution in [0.4, 0.5) is 0 Å². The van der Waals surface area contributed by atoms with Crippen LogP contribution in [0.15, 0.2) is 18.2 Å². The van der Waals surface area contributed by atoms with E-state index in [1.54, 1.807) is 25.1 Å². The lowest BCUT2D eigenvalue weighted by Gasteiger charge is -2.11. The zero-order valence-corrected chi connectivity index (χ0v) is 12.9. The molecule has 19 heavy (non-hydrogen) atoms. The quantitative estimate of drug-likeness (QED) is 0.615. The van der Waals surface area contributed by atoms with Gasteiger partial charge in [-0.25, -0.2) is 8.42 Å². The van der Waals surface area contributed by atoms with E-state index in [2.05, 4.69) is 0 Å². The lowest BCUT2D eigenvalue weighted by Crippen LogP contribution is -2.15. The van der Waals surface area contributed by atoms with Gasteiger partial charge in [0.1, 0.15) is 20.6 Å². The second-order valence-corrected chi connectivity index (χ2v) is 7.24. The van der Waals surface area contributed by atoms with Gasteiger partial charge in [-0.2, -0.15) is 0 Å². The molecule has 0 saturated carbocycles. The van der Waals surface area contributed by atoms with Crippen LogP contribution in [0.1, 0.15) is 18.9 Å². The molecule has 7 heteroatoms. The molecule has 1 rings (SSSR count). The van der Waals surface area contributed by atoms with E-state index in [1.165, 1.54) is 0 Å². The first-order valence-corrected chi connectivity index (χ1v) is 8.39. The summed E-state index contributed by atoms with van der Waals surface area (Å²) in [7, 11) is -2.97. The number of halogens is 1. The van der Waals surface area contributed by atoms with Gasteiger partial charge in [0.15, 0.2) is 0 Å². The smallest absolute Gasteiger partial charge is 0.150 e. The van der Waals surface area contributed by atoms with Gasteiger partial charge in [0.25, 0.3) is 0 Å². The first-order valence-electron chi connectivity index (χ1n) is 5.79. The molecule has 0 fully saturated rings. The summed E-state index contributed by atoms with van der Waals surface area (Å²) in [6.45, 7) is 1.90. The second kappa shape index (κ2) is 7.07. The lowest BCUT2D eigenvalue weighted by molar-refractivity contribution is 0.317. The minimum Gasteiger partial charge on any atom is -0.493 e. The molecule has 0 saturated heterocycles. The normalized spacial score (nSPS) is 11.3. The Morgan fingerprint density at radius 2 is 2.16 bits per heavy atom. The predicted octanol–water partition coefficient (Wildman–Crippen LogP) is 2.18. The van der Waals surface area contributed by atoms with Gasteiger partial charge in [0, 0.05) is 5.75 Å². The zero-order chi connectivity index (χ0) is 14.5. The summed E-state index contributed by atoms with van der Waals surface area (Å²) in [5, 5.41) is 0.422. The van der Waals surface area contributed by atoms with Crippen molar-refractivity contribution in [1.29, 1.82) is 0 Å². The van der Waals surface area contributed by atoms with Gasteiger partial charge in [-0.3, -0.25) is 0 Å². The molecule has 1 aromatic carbocycles. The summed E-state index contributed by atoms with van der Waals surface area (Å²) < 4.78 is 28.1. The molecule has 4 nitrogen and oxygen atoms in total. The maximum absolute atomic E-state index is 11.3.